The standard InChI is InChI=1S/C14H18O9/c1-22-9-4-2-3-7(11(9)18)14(21)23-10(6-16)13(20)12(19)8(17)5-15/h2-4,6,8,10,12-13,15,17-20H,5H2,1H3/t8-,10+,12-,13-/m1/s1. The lowest BCUT2D eigenvalue weighted by molar-refractivity contribution is -0.138. The Balaban J connectivity index is 2.91. The van der Waals surface area contributed by atoms with Crippen molar-refractivity contribution in [2.75, 3.05) is 13.7 Å². The fourth-order valence-corrected chi connectivity index (χ4v) is 1.75. The highest BCUT2D eigenvalue weighted by Gasteiger charge is 2.34. The molecule has 1 aromatic carbocycles. The zero-order valence-electron chi connectivity index (χ0n) is 12.2. The highest BCUT2D eigenvalue weighted by molar-refractivity contribution is 5.94. The molecule has 0 amide bonds. The first-order valence-electron chi connectivity index (χ1n) is 6.54. The van der Waals surface area contributed by atoms with E-state index >= 15 is 0 Å². The predicted octanol–water partition coefficient (Wildman–Crippen LogP) is -1.80. The van der Waals surface area contributed by atoms with Crippen LogP contribution in [0.25, 0.3) is 0 Å². The van der Waals surface area contributed by atoms with Crippen molar-refractivity contribution in [2.24, 2.45) is 0 Å². The van der Waals surface area contributed by atoms with Gasteiger partial charge < -0.3 is 35.0 Å². The number of para-hydroxylation sites is 1. The van der Waals surface area contributed by atoms with Crippen LogP contribution in [-0.4, -0.2) is 75.9 Å². The number of rotatable bonds is 8. The van der Waals surface area contributed by atoms with E-state index in [1.807, 2.05) is 0 Å². The molecule has 0 aliphatic carbocycles. The zero-order valence-corrected chi connectivity index (χ0v) is 12.2. The zero-order chi connectivity index (χ0) is 17.6. The Morgan fingerprint density at radius 1 is 1.26 bits per heavy atom. The number of aromatic hydroxyl groups is 1. The van der Waals surface area contributed by atoms with Crippen molar-refractivity contribution in [1.29, 1.82) is 0 Å². The third kappa shape index (κ3) is 4.39. The molecule has 0 heterocycles. The van der Waals surface area contributed by atoms with Crippen molar-refractivity contribution >= 4 is 12.3 Å². The third-order valence-electron chi connectivity index (χ3n) is 3.08. The van der Waals surface area contributed by atoms with E-state index in [0.29, 0.717) is 0 Å². The maximum Gasteiger partial charge on any atom is 0.342 e. The summed E-state index contributed by atoms with van der Waals surface area (Å²) in [5, 5.41) is 47.0. The van der Waals surface area contributed by atoms with Crippen molar-refractivity contribution in [3.63, 3.8) is 0 Å². The van der Waals surface area contributed by atoms with Gasteiger partial charge in [0.1, 0.15) is 23.9 Å². The van der Waals surface area contributed by atoms with Gasteiger partial charge in [-0.15, -0.1) is 0 Å². The molecule has 0 bridgehead atoms. The van der Waals surface area contributed by atoms with Crippen LogP contribution in [0, 0.1) is 0 Å². The topological polar surface area (TPSA) is 154 Å². The summed E-state index contributed by atoms with van der Waals surface area (Å²) < 4.78 is 9.54. The second-order valence-electron chi connectivity index (χ2n) is 4.59. The largest absolute Gasteiger partial charge is 0.504 e. The molecule has 0 aromatic heterocycles. The van der Waals surface area contributed by atoms with Gasteiger partial charge >= 0.3 is 5.97 Å². The number of hydrogen-bond acceptors (Lipinski definition) is 9. The molecule has 0 radical (unpaired) electrons. The summed E-state index contributed by atoms with van der Waals surface area (Å²) in [6.07, 6.45) is -7.37. The van der Waals surface area contributed by atoms with Crippen LogP contribution in [0.4, 0.5) is 0 Å². The number of aliphatic hydroxyl groups is 4. The number of phenols is 1. The van der Waals surface area contributed by atoms with E-state index in [9.17, 15) is 30.0 Å². The maximum atomic E-state index is 12.0. The number of benzene rings is 1. The first-order valence-corrected chi connectivity index (χ1v) is 6.54. The lowest BCUT2D eigenvalue weighted by atomic mass is 10.0. The Bertz CT molecular complexity index is 545. The number of phenolic OH excluding ortho intramolecular Hbond substituents is 1. The molecule has 0 saturated carbocycles. The molecular formula is C14H18O9. The number of esters is 1. The minimum atomic E-state index is -1.97. The molecule has 0 fully saturated rings. The van der Waals surface area contributed by atoms with E-state index in [1.54, 1.807) is 0 Å². The summed E-state index contributed by atoms with van der Waals surface area (Å²) in [7, 11) is 1.27. The molecule has 0 spiro atoms. The second kappa shape index (κ2) is 8.44. The van der Waals surface area contributed by atoms with E-state index in [-0.39, 0.29) is 17.6 Å². The molecular weight excluding hydrogens is 312 g/mol. The molecule has 4 atom stereocenters. The highest BCUT2D eigenvalue weighted by Crippen LogP contribution is 2.30. The van der Waals surface area contributed by atoms with Crippen LogP contribution in [0.5, 0.6) is 11.5 Å². The summed E-state index contributed by atoms with van der Waals surface area (Å²) in [5.74, 6) is -1.67. The number of carbonyl (C=O) groups is 2. The van der Waals surface area contributed by atoms with Crippen LogP contribution in [0.1, 0.15) is 10.4 Å². The van der Waals surface area contributed by atoms with E-state index in [1.165, 1.54) is 25.3 Å². The Morgan fingerprint density at radius 2 is 1.91 bits per heavy atom. The Morgan fingerprint density at radius 3 is 2.43 bits per heavy atom. The van der Waals surface area contributed by atoms with Crippen molar-refractivity contribution in [3.8, 4) is 11.5 Å². The molecule has 0 unspecified atom stereocenters. The summed E-state index contributed by atoms with van der Waals surface area (Å²) >= 11 is 0. The minimum Gasteiger partial charge on any atom is -0.504 e. The second-order valence-corrected chi connectivity index (χ2v) is 4.59. The molecule has 0 saturated heterocycles. The summed E-state index contributed by atoms with van der Waals surface area (Å²) in [4.78, 5) is 22.9. The van der Waals surface area contributed by atoms with Crippen molar-refractivity contribution < 1.29 is 44.6 Å². The Hall–Kier alpha value is -2.20. The van der Waals surface area contributed by atoms with Crippen molar-refractivity contribution in [1.82, 2.24) is 0 Å². The first-order chi connectivity index (χ1) is 10.9. The van der Waals surface area contributed by atoms with Gasteiger partial charge in [-0.25, -0.2) is 4.79 Å². The van der Waals surface area contributed by atoms with Gasteiger partial charge in [-0.3, -0.25) is 4.79 Å². The first kappa shape index (κ1) is 18.8. The van der Waals surface area contributed by atoms with E-state index in [4.69, 9.17) is 14.6 Å². The van der Waals surface area contributed by atoms with Crippen molar-refractivity contribution in [3.05, 3.63) is 23.8 Å². The summed E-state index contributed by atoms with van der Waals surface area (Å²) in [5.41, 5.74) is -0.319. The molecule has 9 nitrogen and oxygen atoms in total. The number of aliphatic hydroxyl groups excluding tert-OH is 4. The molecule has 0 aliphatic rings. The smallest absolute Gasteiger partial charge is 0.342 e. The monoisotopic (exact) mass is 330 g/mol. The van der Waals surface area contributed by atoms with Gasteiger partial charge in [0.05, 0.1) is 13.7 Å². The average Bonchev–Trinajstić information content (AvgIpc) is 2.57. The van der Waals surface area contributed by atoms with E-state index in [0.717, 1.165) is 0 Å². The molecule has 9 heteroatoms. The molecule has 5 N–H and O–H groups in total. The third-order valence-corrected chi connectivity index (χ3v) is 3.08. The molecule has 23 heavy (non-hydrogen) atoms. The summed E-state index contributed by atoms with van der Waals surface area (Å²) in [6.45, 7) is -0.867. The molecule has 1 rings (SSSR count). The van der Waals surface area contributed by atoms with Crippen LogP contribution >= 0.6 is 0 Å². The number of aldehydes is 1. The summed E-state index contributed by atoms with van der Waals surface area (Å²) in [6, 6.07) is 3.98. The molecule has 1 aromatic rings. The van der Waals surface area contributed by atoms with Gasteiger partial charge in [-0.05, 0) is 12.1 Å². The maximum absolute atomic E-state index is 12.0. The van der Waals surface area contributed by atoms with Crippen LogP contribution in [0.2, 0.25) is 0 Å². The molecule has 128 valence electrons. The van der Waals surface area contributed by atoms with Crippen molar-refractivity contribution in [2.45, 2.75) is 24.4 Å². The Kier molecular flexibility index (Phi) is 6.91. The van der Waals surface area contributed by atoms with Gasteiger partial charge in [-0.2, -0.15) is 0 Å². The van der Waals surface area contributed by atoms with Crippen LogP contribution in [-0.2, 0) is 9.53 Å². The van der Waals surface area contributed by atoms with Gasteiger partial charge in [-0.1, -0.05) is 6.07 Å². The van der Waals surface area contributed by atoms with Gasteiger partial charge in [0, 0.05) is 0 Å². The number of methoxy groups -OCH3 is 1. The number of hydrogen-bond donors (Lipinski definition) is 5. The average molecular weight is 330 g/mol. The van der Waals surface area contributed by atoms with Crippen LogP contribution < -0.4 is 4.74 Å². The van der Waals surface area contributed by atoms with Gasteiger partial charge in [0.2, 0.25) is 0 Å². The lowest BCUT2D eigenvalue weighted by Gasteiger charge is -2.25. The normalized spacial score (nSPS) is 16.0. The number of ether oxygens (including phenoxy) is 2. The molecule has 0 aliphatic heterocycles. The minimum absolute atomic E-state index is 0.00149. The van der Waals surface area contributed by atoms with Crippen LogP contribution in [0.3, 0.4) is 0 Å². The van der Waals surface area contributed by atoms with E-state index in [2.05, 4.69) is 0 Å². The van der Waals surface area contributed by atoms with Crippen LogP contribution in [0.15, 0.2) is 18.2 Å². The van der Waals surface area contributed by atoms with E-state index < -0.39 is 42.7 Å². The fourth-order valence-electron chi connectivity index (χ4n) is 1.75. The fraction of sp³-hybridized carbons (Fsp3) is 0.429. The lowest BCUT2D eigenvalue weighted by Crippen LogP contribution is -2.48. The quantitative estimate of drug-likeness (QED) is 0.274. The van der Waals surface area contributed by atoms with Gasteiger partial charge in [0.15, 0.2) is 23.9 Å². The SMILES string of the molecule is COc1cccc(C(=O)O[C@@H](C=O)[C@@H](O)[C@H](O)[C@H](O)CO)c1O. The number of carbonyl (C=O) groups excluding carboxylic acids is 2. The predicted molar refractivity (Wildman–Crippen MR) is 75.0 cm³/mol. The Labute approximate surface area is 131 Å². The highest BCUT2D eigenvalue weighted by atomic mass is 16.6. The van der Waals surface area contributed by atoms with Gasteiger partial charge in [0.25, 0.3) is 0 Å².